The Balaban J connectivity index is 1.29. The average molecular weight is 553 g/mol. The van der Waals surface area contributed by atoms with Crippen LogP contribution in [0, 0.1) is 67.0 Å². The van der Waals surface area contributed by atoms with Crippen molar-refractivity contribution in [2.45, 2.75) is 100 Å². The van der Waals surface area contributed by atoms with Gasteiger partial charge in [0.2, 0.25) is 0 Å². The maximum absolute atomic E-state index is 13.8. The second kappa shape index (κ2) is 13.1. The van der Waals surface area contributed by atoms with Crippen LogP contribution in [0.25, 0.3) is 22.3 Å². The fourth-order valence-corrected chi connectivity index (χ4v) is 6.93. The number of hydrogen-bond acceptors (Lipinski definition) is 0. The van der Waals surface area contributed by atoms with E-state index < -0.39 is 0 Å². The molecular weight excluding hydrogens is 506 g/mol. The van der Waals surface area contributed by atoms with Gasteiger partial charge in [-0.25, -0.2) is 8.78 Å². The van der Waals surface area contributed by atoms with Crippen LogP contribution < -0.4 is 0 Å². The Morgan fingerprint density at radius 3 is 0.927 bits per heavy atom. The van der Waals surface area contributed by atoms with Crippen LogP contribution in [-0.4, -0.2) is 0 Å². The van der Waals surface area contributed by atoms with Crippen LogP contribution in [-0.2, 0) is 12.8 Å². The average Bonchev–Trinajstić information content (AvgIpc) is 2.85. The van der Waals surface area contributed by atoms with Crippen LogP contribution in [0.15, 0.2) is 48.5 Å². The largest absolute Gasteiger partial charge is 0.207 e. The molecular formula is C39H46F2. The summed E-state index contributed by atoms with van der Waals surface area (Å²) in [7, 11) is 0. The van der Waals surface area contributed by atoms with E-state index in [0.29, 0.717) is 0 Å². The van der Waals surface area contributed by atoms with Crippen LogP contribution >= 0.6 is 0 Å². The molecule has 0 nitrogen and oxygen atoms in total. The Bertz CT molecular complexity index is 1350. The van der Waals surface area contributed by atoms with Crippen molar-refractivity contribution in [2.75, 3.05) is 0 Å². The minimum atomic E-state index is -0.163. The highest BCUT2D eigenvalue weighted by atomic mass is 19.1. The number of benzene rings is 4. The fraction of sp³-hybridized carbons (Fsp3) is 0.385. The van der Waals surface area contributed by atoms with E-state index in [1.807, 2.05) is 27.7 Å². The second-order valence-electron chi connectivity index (χ2n) is 12.3. The summed E-state index contributed by atoms with van der Waals surface area (Å²) in [4.78, 5) is 0. The SMILES string of the molecule is Cc1cc(-c2c(C)cc(F)cc2C)cc(C)c1CCCCCCCc1c(C)cc(-c2c(C)cc(F)cc2C)cc1C. The number of aryl methyl sites for hydroxylation is 8. The minimum Gasteiger partial charge on any atom is -0.207 e. The standard InChI is InChI=1S/C39H46F2/c1-24-16-32(38-28(5)20-34(40)21-29(38)6)17-25(2)36(24)14-12-10-9-11-13-15-37-26(3)18-33(19-27(37)4)39-30(7)22-35(41)23-31(39)8/h16-23H,9-15H2,1-8H3. The molecule has 0 aliphatic carbocycles. The molecule has 4 aromatic rings. The van der Waals surface area contributed by atoms with E-state index in [2.05, 4.69) is 52.0 Å². The molecule has 0 saturated carbocycles. The number of halogens is 2. The number of hydrogen-bond donors (Lipinski definition) is 0. The van der Waals surface area contributed by atoms with Gasteiger partial charge in [0.15, 0.2) is 0 Å². The zero-order chi connectivity index (χ0) is 29.8. The topological polar surface area (TPSA) is 0 Å². The van der Waals surface area contributed by atoms with Crippen LogP contribution in [0.5, 0.6) is 0 Å². The molecule has 0 radical (unpaired) electrons. The van der Waals surface area contributed by atoms with Gasteiger partial charge < -0.3 is 0 Å². The van der Waals surface area contributed by atoms with Gasteiger partial charge >= 0.3 is 0 Å². The molecule has 0 fully saturated rings. The van der Waals surface area contributed by atoms with E-state index in [0.717, 1.165) is 46.2 Å². The zero-order valence-electron chi connectivity index (χ0n) is 26.3. The predicted octanol–water partition coefficient (Wildman–Crippen LogP) is 11.5. The molecule has 0 amide bonds. The molecule has 0 atom stereocenters. The van der Waals surface area contributed by atoms with Crippen LogP contribution in [0.4, 0.5) is 8.78 Å². The van der Waals surface area contributed by atoms with Gasteiger partial charge in [0.05, 0.1) is 0 Å². The Labute approximate surface area is 246 Å². The summed E-state index contributed by atoms with van der Waals surface area (Å²) in [5.41, 5.74) is 17.0. The Morgan fingerprint density at radius 2 is 0.634 bits per heavy atom. The van der Waals surface area contributed by atoms with Crippen molar-refractivity contribution in [3.05, 3.63) is 116 Å². The second-order valence-corrected chi connectivity index (χ2v) is 12.3. The normalized spacial score (nSPS) is 11.4. The summed E-state index contributed by atoms with van der Waals surface area (Å²) >= 11 is 0. The zero-order valence-corrected chi connectivity index (χ0v) is 26.3. The molecule has 0 saturated heterocycles. The van der Waals surface area contributed by atoms with Gasteiger partial charge in [-0.1, -0.05) is 43.5 Å². The van der Waals surface area contributed by atoms with Crippen LogP contribution in [0.3, 0.4) is 0 Å². The minimum absolute atomic E-state index is 0.163. The lowest BCUT2D eigenvalue weighted by atomic mass is 9.89. The van der Waals surface area contributed by atoms with E-state index in [-0.39, 0.29) is 11.6 Å². The van der Waals surface area contributed by atoms with Crippen molar-refractivity contribution in [3.8, 4) is 22.3 Å². The first-order valence-electron chi connectivity index (χ1n) is 15.2. The molecule has 0 heterocycles. The Hall–Kier alpha value is -3.26. The molecule has 0 aromatic heterocycles. The number of unbranched alkanes of at least 4 members (excludes halogenated alkanes) is 4. The maximum atomic E-state index is 13.8. The van der Waals surface area contributed by atoms with Gasteiger partial charge in [0.25, 0.3) is 0 Å². The van der Waals surface area contributed by atoms with Crippen molar-refractivity contribution in [1.82, 2.24) is 0 Å². The van der Waals surface area contributed by atoms with Gasteiger partial charge in [-0.3, -0.25) is 0 Å². The Morgan fingerprint density at radius 1 is 0.366 bits per heavy atom. The smallest absolute Gasteiger partial charge is 0.123 e. The molecule has 0 bridgehead atoms. The van der Waals surface area contributed by atoms with Crippen molar-refractivity contribution < 1.29 is 8.78 Å². The van der Waals surface area contributed by atoms with Crippen molar-refractivity contribution in [3.63, 3.8) is 0 Å². The lowest BCUT2D eigenvalue weighted by Gasteiger charge is -2.16. The van der Waals surface area contributed by atoms with Crippen molar-refractivity contribution >= 4 is 0 Å². The van der Waals surface area contributed by atoms with E-state index in [1.165, 1.54) is 76.6 Å². The van der Waals surface area contributed by atoms with Crippen molar-refractivity contribution in [2.24, 2.45) is 0 Å². The maximum Gasteiger partial charge on any atom is 0.123 e. The molecule has 0 spiro atoms. The highest BCUT2D eigenvalue weighted by Gasteiger charge is 2.13. The highest BCUT2D eigenvalue weighted by molar-refractivity contribution is 5.73. The Kier molecular flexibility index (Phi) is 9.84. The quantitative estimate of drug-likeness (QED) is 0.172. The summed E-state index contributed by atoms with van der Waals surface area (Å²) < 4.78 is 27.6. The first-order chi connectivity index (χ1) is 19.5. The summed E-state index contributed by atoms with van der Waals surface area (Å²) in [6.45, 7) is 16.9. The lowest BCUT2D eigenvalue weighted by molar-refractivity contribution is 0.611. The third-order valence-corrected chi connectivity index (χ3v) is 8.82. The van der Waals surface area contributed by atoms with E-state index in [4.69, 9.17) is 0 Å². The van der Waals surface area contributed by atoms with Crippen LogP contribution in [0.2, 0.25) is 0 Å². The van der Waals surface area contributed by atoms with Crippen LogP contribution in [0.1, 0.15) is 87.7 Å². The highest BCUT2D eigenvalue weighted by Crippen LogP contribution is 2.33. The van der Waals surface area contributed by atoms with Crippen molar-refractivity contribution in [1.29, 1.82) is 0 Å². The summed E-state index contributed by atoms with van der Waals surface area (Å²) in [6.07, 6.45) is 8.39. The third-order valence-electron chi connectivity index (χ3n) is 8.82. The van der Waals surface area contributed by atoms with Gasteiger partial charge in [-0.2, -0.15) is 0 Å². The van der Waals surface area contributed by atoms with Gasteiger partial charge in [-0.15, -0.1) is 0 Å². The first-order valence-corrected chi connectivity index (χ1v) is 15.2. The molecule has 0 unspecified atom stereocenters. The molecule has 4 aromatic carbocycles. The van der Waals surface area contributed by atoms with Gasteiger partial charge in [-0.05, 0) is 183 Å². The first kappa shape index (κ1) is 30.7. The molecule has 2 heteroatoms. The van der Waals surface area contributed by atoms with Gasteiger partial charge in [0.1, 0.15) is 11.6 Å². The van der Waals surface area contributed by atoms with Gasteiger partial charge in [0, 0.05) is 0 Å². The van der Waals surface area contributed by atoms with E-state index >= 15 is 0 Å². The molecule has 216 valence electrons. The molecule has 4 rings (SSSR count). The molecule has 0 aliphatic rings. The van der Waals surface area contributed by atoms with E-state index in [1.54, 1.807) is 24.3 Å². The monoisotopic (exact) mass is 552 g/mol. The third kappa shape index (κ3) is 7.15. The summed E-state index contributed by atoms with van der Waals surface area (Å²) in [5, 5.41) is 0. The predicted molar refractivity (Wildman–Crippen MR) is 172 cm³/mol. The summed E-state index contributed by atoms with van der Waals surface area (Å²) in [5.74, 6) is -0.326. The fourth-order valence-electron chi connectivity index (χ4n) is 6.93. The molecule has 41 heavy (non-hydrogen) atoms. The number of rotatable bonds is 10. The molecule has 0 N–H and O–H groups in total. The summed E-state index contributed by atoms with van der Waals surface area (Å²) in [6, 6.07) is 15.7. The molecule has 0 aliphatic heterocycles. The van der Waals surface area contributed by atoms with E-state index in [9.17, 15) is 8.78 Å². The lowest BCUT2D eigenvalue weighted by Crippen LogP contribution is -1.99.